The lowest BCUT2D eigenvalue weighted by molar-refractivity contribution is 0.0144. The maximum absolute atomic E-state index is 13.1. The van der Waals surface area contributed by atoms with Crippen LogP contribution in [0.5, 0.6) is 0 Å². The number of imidazole rings is 1. The Balaban J connectivity index is 1.40. The molecule has 3 heterocycles. The molecule has 2 aliphatic heterocycles. The Morgan fingerprint density at radius 3 is 2.58 bits per heavy atom. The van der Waals surface area contributed by atoms with Crippen LogP contribution in [0.2, 0.25) is 0 Å². The average Bonchev–Trinajstić information content (AvgIpc) is 3.33. The number of benzene rings is 1. The number of piperidine rings is 1. The maximum atomic E-state index is 13.1. The first kappa shape index (κ1) is 21.6. The highest BCUT2D eigenvalue weighted by Crippen LogP contribution is 2.26. The standard InChI is InChI=1S/C22H31N5O4/c1-14-9-18(29)10-15(2)27(14)21(30)16-3-4-20-19(11-16)24-13-26(20)8-6-23-22(31)25-7-5-17(28)12-25/h3-4,11,13-15,17-18,28-29H,5-10,12H2,1-2H3,(H,23,31). The van der Waals surface area contributed by atoms with E-state index in [1.54, 1.807) is 11.2 Å². The summed E-state index contributed by atoms with van der Waals surface area (Å²) in [5.41, 5.74) is 2.23. The number of nitrogens with zero attached hydrogens (tertiary/aromatic N) is 4. The number of urea groups is 1. The maximum Gasteiger partial charge on any atom is 0.317 e. The summed E-state index contributed by atoms with van der Waals surface area (Å²) in [7, 11) is 0. The Labute approximate surface area is 181 Å². The third-order valence-electron chi connectivity index (χ3n) is 6.36. The number of likely N-dealkylation sites (tertiary alicyclic amines) is 2. The first-order chi connectivity index (χ1) is 14.8. The lowest BCUT2D eigenvalue weighted by Crippen LogP contribution is -2.51. The highest BCUT2D eigenvalue weighted by Gasteiger charge is 2.33. The van der Waals surface area contributed by atoms with Crippen LogP contribution in [0.4, 0.5) is 4.79 Å². The van der Waals surface area contributed by atoms with Gasteiger partial charge in [-0.05, 0) is 51.3 Å². The molecule has 4 rings (SSSR count). The summed E-state index contributed by atoms with van der Waals surface area (Å²) < 4.78 is 1.95. The number of β-amino-alcohol motifs (C(OH)–C–C–N with tert-alkyl or cyclic N) is 1. The van der Waals surface area contributed by atoms with Crippen LogP contribution in [-0.4, -0.2) is 85.4 Å². The van der Waals surface area contributed by atoms with Gasteiger partial charge in [0.05, 0.1) is 29.6 Å². The topological polar surface area (TPSA) is 111 Å². The number of hydrogen-bond donors (Lipinski definition) is 3. The number of aliphatic hydroxyl groups excluding tert-OH is 2. The molecule has 3 unspecified atom stereocenters. The predicted octanol–water partition coefficient (Wildman–Crippen LogP) is 1.19. The molecule has 3 atom stereocenters. The zero-order valence-corrected chi connectivity index (χ0v) is 18.1. The molecule has 1 aromatic heterocycles. The molecule has 2 saturated heterocycles. The molecule has 0 spiro atoms. The van der Waals surface area contributed by atoms with Crippen molar-refractivity contribution in [2.24, 2.45) is 0 Å². The van der Waals surface area contributed by atoms with E-state index in [1.165, 1.54) is 0 Å². The van der Waals surface area contributed by atoms with E-state index in [0.717, 1.165) is 11.0 Å². The van der Waals surface area contributed by atoms with Crippen molar-refractivity contribution in [3.8, 4) is 0 Å². The van der Waals surface area contributed by atoms with E-state index in [0.29, 0.717) is 51.0 Å². The molecule has 0 bridgehead atoms. The normalized spacial score (nSPS) is 26.5. The summed E-state index contributed by atoms with van der Waals surface area (Å²) in [4.78, 5) is 33.2. The van der Waals surface area contributed by atoms with Gasteiger partial charge in [-0.3, -0.25) is 4.79 Å². The minimum atomic E-state index is -0.429. The van der Waals surface area contributed by atoms with Crippen molar-refractivity contribution < 1.29 is 19.8 Å². The number of aliphatic hydroxyl groups is 2. The molecule has 0 radical (unpaired) electrons. The third-order valence-corrected chi connectivity index (χ3v) is 6.36. The zero-order valence-electron chi connectivity index (χ0n) is 18.1. The van der Waals surface area contributed by atoms with Crippen molar-refractivity contribution in [1.29, 1.82) is 0 Å². The number of rotatable bonds is 4. The second-order valence-electron chi connectivity index (χ2n) is 8.80. The van der Waals surface area contributed by atoms with Gasteiger partial charge in [0, 0.05) is 43.8 Å². The second-order valence-corrected chi connectivity index (χ2v) is 8.80. The van der Waals surface area contributed by atoms with Gasteiger partial charge in [0.1, 0.15) is 0 Å². The number of carbonyl (C=O) groups excluding carboxylic acids is 2. The molecule has 3 amide bonds. The number of nitrogens with one attached hydrogen (secondary N) is 1. The Morgan fingerprint density at radius 1 is 1.16 bits per heavy atom. The first-order valence-electron chi connectivity index (χ1n) is 11.0. The number of aromatic nitrogens is 2. The van der Waals surface area contributed by atoms with Gasteiger partial charge >= 0.3 is 6.03 Å². The van der Waals surface area contributed by atoms with Gasteiger partial charge in [-0.1, -0.05) is 0 Å². The van der Waals surface area contributed by atoms with Gasteiger partial charge in [0.2, 0.25) is 0 Å². The van der Waals surface area contributed by atoms with Gasteiger partial charge in [-0.25, -0.2) is 9.78 Å². The summed E-state index contributed by atoms with van der Waals surface area (Å²) in [6, 6.07) is 5.33. The molecule has 2 aromatic rings. The van der Waals surface area contributed by atoms with Crippen LogP contribution in [0.15, 0.2) is 24.5 Å². The zero-order chi connectivity index (χ0) is 22.1. The smallest absolute Gasteiger partial charge is 0.317 e. The molecule has 2 aliphatic rings. The van der Waals surface area contributed by atoms with E-state index >= 15 is 0 Å². The van der Waals surface area contributed by atoms with Crippen molar-refractivity contribution in [2.75, 3.05) is 19.6 Å². The van der Waals surface area contributed by atoms with E-state index in [2.05, 4.69) is 10.3 Å². The molecule has 0 saturated carbocycles. The monoisotopic (exact) mass is 429 g/mol. The summed E-state index contributed by atoms with van der Waals surface area (Å²) in [6.45, 7) is 5.91. The number of fused-ring (bicyclic) bond motifs is 1. The van der Waals surface area contributed by atoms with Crippen molar-refractivity contribution >= 4 is 23.0 Å². The van der Waals surface area contributed by atoms with Crippen molar-refractivity contribution in [3.63, 3.8) is 0 Å². The number of carbonyl (C=O) groups is 2. The third kappa shape index (κ3) is 4.52. The summed E-state index contributed by atoms with van der Waals surface area (Å²) in [5, 5.41) is 22.4. The van der Waals surface area contributed by atoms with Crippen LogP contribution in [0, 0.1) is 0 Å². The van der Waals surface area contributed by atoms with Crippen LogP contribution in [-0.2, 0) is 6.54 Å². The SMILES string of the molecule is CC1CC(O)CC(C)N1C(=O)c1ccc2c(c1)ncn2CCNC(=O)N1CCC(O)C1. The van der Waals surface area contributed by atoms with Gasteiger partial charge < -0.3 is 29.9 Å². The molecular formula is C22H31N5O4. The van der Waals surface area contributed by atoms with Crippen LogP contribution < -0.4 is 5.32 Å². The van der Waals surface area contributed by atoms with Crippen molar-refractivity contribution in [2.45, 2.75) is 63.9 Å². The fraction of sp³-hybridized carbons (Fsp3) is 0.591. The van der Waals surface area contributed by atoms with E-state index in [9.17, 15) is 19.8 Å². The molecule has 0 aliphatic carbocycles. The van der Waals surface area contributed by atoms with Gasteiger partial charge in [-0.15, -0.1) is 0 Å². The molecule has 9 heteroatoms. The summed E-state index contributed by atoms with van der Waals surface area (Å²) in [5.74, 6) is -0.0385. The highest BCUT2D eigenvalue weighted by molar-refractivity contribution is 5.97. The van der Waals surface area contributed by atoms with Crippen LogP contribution >= 0.6 is 0 Å². The van der Waals surface area contributed by atoms with E-state index < -0.39 is 6.10 Å². The second kappa shape index (κ2) is 8.84. The first-order valence-corrected chi connectivity index (χ1v) is 11.0. The molecular weight excluding hydrogens is 398 g/mol. The van der Waals surface area contributed by atoms with Crippen molar-refractivity contribution in [1.82, 2.24) is 24.7 Å². The predicted molar refractivity (Wildman–Crippen MR) is 116 cm³/mol. The van der Waals surface area contributed by atoms with E-state index in [1.807, 2.05) is 41.5 Å². The quantitative estimate of drug-likeness (QED) is 0.676. The van der Waals surface area contributed by atoms with Crippen LogP contribution in [0.1, 0.15) is 43.5 Å². The lowest BCUT2D eigenvalue weighted by atomic mass is 9.94. The number of hydrogen-bond acceptors (Lipinski definition) is 5. The van der Waals surface area contributed by atoms with Crippen molar-refractivity contribution in [3.05, 3.63) is 30.1 Å². The molecule has 31 heavy (non-hydrogen) atoms. The largest absolute Gasteiger partial charge is 0.393 e. The van der Waals surface area contributed by atoms with Gasteiger partial charge in [0.25, 0.3) is 5.91 Å². The van der Waals surface area contributed by atoms with E-state index in [-0.39, 0.29) is 30.1 Å². The molecule has 1 aromatic carbocycles. The fourth-order valence-electron chi connectivity index (χ4n) is 4.79. The van der Waals surface area contributed by atoms with E-state index in [4.69, 9.17) is 0 Å². The van der Waals surface area contributed by atoms with Gasteiger partial charge in [0.15, 0.2) is 0 Å². The molecule has 168 valence electrons. The minimum absolute atomic E-state index is 0.0140. The van der Waals surface area contributed by atoms with Crippen LogP contribution in [0.3, 0.4) is 0 Å². The Bertz CT molecular complexity index is 949. The number of amides is 3. The Kier molecular flexibility index (Phi) is 6.15. The summed E-state index contributed by atoms with van der Waals surface area (Å²) in [6.07, 6.45) is 2.73. The molecule has 9 nitrogen and oxygen atoms in total. The summed E-state index contributed by atoms with van der Waals surface area (Å²) >= 11 is 0. The Morgan fingerprint density at radius 2 is 1.90 bits per heavy atom. The van der Waals surface area contributed by atoms with Crippen LogP contribution in [0.25, 0.3) is 11.0 Å². The minimum Gasteiger partial charge on any atom is -0.393 e. The molecule has 2 fully saturated rings. The Hall–Kier alpha value is -2.65. The highest BCUT2D eigenvalue weighted by atomic mass is 16.3. The molecule has 3 N–H and O–H groups in total. The average molecular weight is 430 g/mol. The van der Waals surface area contributed by atoms with Gasteiger partial charge in [-0.2, -0.15) is 0 Å². The lowest BCUT2D eigenvalue weighted by Gasteiger charge is -2.41. The fourth-order valence-corrected chi connectivity index (χ4v) is 4.79.